The van der Waals surface area contributed by atoms with Crippen LogP contribution >= 0.6 is 0 Å². The summed E-state index contributed by atoms with van der Waals surface area (Å²) in [4.78, 5) is 26.7. The molecule has 0 bridgehead atoms. The van der Waals surface area contributed by atoms with Gasteiger partial charge in [0.1, 0.15) is 0 Å². The van der Waals surface area contributed by atoms with Crippen molar-refractivity contribution in [1.29, 1.82) is 0 Å². The fourth-order valence-corrected chi connectivity index (χ4v) is 6.58. The van der Waals surface area contributed by atoms with Gasteiger partial charge in [-0.25, -0.2) is 21.6 Å². The lowest BCUT2D eigenvalue weighted by Crippen LogP contribution is -2.38. The first-order chi connectivity index (χ1) is 16.5. The number of amides is 2. The van der Waals surface area contributed by atoms with Gasteiger partial charge in [-0.1, -0.05) is 0 Å². The number of carbonyl (C=O) groups is 2. The molecule has 4 rings (SSSR count). The van der Waals surface area contributed by atoms with Crippen molar-refractivity contribution in [2.45, 2.75) is 55.4 Å². The van der Waals surface area contributed by atoms with Crippen LogP contribution in [0.5, 0.6) is 0 Å². The largest absolute Gasteiger partial charge is 0.310 e. The summed E-state index contributed by atoms with van der Waals surface area (Å²) in [5.74, 6) is -0.729. The van der Waals surface area contributed by atoms with Crippen LogP contribution in [0.25, 0.3) is 0 Å². The van der Waals surface area contributed by atoms with E-state index >= 15 is 0 Å². The number of carbonyl (C=O) groups excluding carboxylic acids is 2. The molecule has 0 aromatic heterocycles. The lowest BCUT2D eigenvalue weighted by molar-refractivity contribution is -0.120. The van der Waals surface area contributed by atoms with E-state index in [-0.39, 0.29) is 33.2 Å². The molecule has 0 unspecified atom stereocenters. The number of anilines is 1. The van der Waals surface area contributed by atoms with Crippen molar-refractivity contribution >= 4 is 37.5 Å². The Morgan fingerprint density at radius 2 is 1.43 bits per heavy atom. The van der Waals surface area contributed by atoms with Gasteiger partial charge in [0.2, 0.25) is 15.9 Å². The molecule has 1 saturated carbocycles. The van der Waals surface area contributed by atoms with Gasteiger partial charge in [0.25, 0.3) is 15.9 Å². The molecule has 0 atom stereocenters. The van der Waals surface area contributed by atoms with Gasteiger partial charge in [-0.3, -0.25) is 9.59 Å². The quantitative estimate of drug-likeness (QED) is 0.573. The number of nitrogens with one attached hydrogen (secondary N) is 1. The molecule has 188 valence electrons. The third-order valence-corrected chi connectivity index (χ3v) is 9.41. The highest BCUT2D eigenvalue weighted by Gasteiger charge is 2.35. The molecule has 0 spiro atoms. The minimum absolute atomic E-state index is 0.00992. The van der Waals surface area contributed by atoms with Crippen molar-refractivity contribution in [2.24, 2.45) is 5.92 Å². The van der Waals surface area contributed by atoms with E-state index in [0.717, 1.165) is 25.7 Å². The Balaban J connectivity index is 1.46. The average Bonchev–Trinajstić information content (AvgIpc) is 3.52. The van der Waals surface area contributed by atoms with Crippen molar-refractivity contribution in [1.82, 2.24) is 9.03 Å². The highest BCUT2D eigenvalue weighted by atomic mass is 32.2. The predicted octanol–water partition coefficient (Wildman–Crippen LogP) is 2.74. The Kier molecular flexibility index (Phi) is 7.03. The van der Waals surface area contributed by atoms with Gasteiger partial charge >= 0.3 is 0 Å². The first kappa shape index (κ1) is 25.3. The summed E-state index contributed by atoms with van der Waals surface area (Å²) in [5, 5.41) is 0. The van der Waals surface area contributed by atoms with Crippen LogP contribution < -0.4 is 9.62 Å². The average molecular weight is 520 g/mol. The van der Waals surface area contributed by atoms with E-state index in [1.807, 2.05) is 18.6 Å². The second-order valence-electron chi connectivity index (χ2n) is 9.14. The Labute approximate surface area is 206 Å². The normalized spacial score (nSPS) is 16.9. The van der Waals surface area contributed by atoms with E-state index in [1.54, 1.807) is 17.0 Å². The molecule has 1 heterocycles. The Hall–Kier alpha value is -2.76. The fourth-order valence-electron chi connectivity index (χ4n) is 4.09. The van der Waals surface area contributed by atoms with Crippen LogP contribution in [0.2, 0.25) is 0 Å². The SMILES string of the molecule is CC(C)N(C(=O)C1CC1)c1ccc(C(=O)NS(=O)(=O)c2ccc(S(=O)(=O)N3CCCC3)cc2)cc1. The van der Waals surface area contributed by atoms with Crippen LogP contribution in [-0.4, -0.2) is 52.1 Å². The molecule has 2 fully saturated rings. The van der Waals surface area contributed by atoms with Crippen molar-refractivity contribution in [3.05, 3.63) is 54.1 Å². The van der Waals surface area contributed by atoms with E-state index in [0.29, 0.717) is 18.8 Å². The first-order valence-corrected chi connectivity index (χ1v) is 14.5. The maximum Gasteiger partial charge on any atom is 0.264 e. The van der Waals surface area contributed by atoms with Gasteiger partial charge in [0.15, 0.2) is 0 Å². The monoisotopic (exact) mass is 519 g/mol. The van der Waals surface area contributed by atoms with Crippen LogP contribution in [0.1, 0.15) is 49.9 Å². The topological polar surface area (TPSA) is 121 Å². The van der Waals surface area contributed by atoms with Gasteiger partial charge in [-0.2, -0.15) is 4.31 Å². The third-order valence-electron chi connectivity index (χ3n) is 6.15. The lowest BCUT2D eigenvalue weighted by atomic mass is 10.1. The van der Waals surface area contributed by atoms with Crippen LogP contribution in [0.15, 0.2) is 58.3 Å². The summed E-state index contributed by atoms with van der Waals surface area (Å²) in [5.41, 5.74) is 0.763. The molecule has 1 aliphatic heterocycles. The summed E-state index contributed by atoms with van der Waals surface area (Å²) in [6.07, 6.45) is 3.35. The van der Waals surface area contributed by atoms with Crippen molar-refractivity contribution < 1.29 is 26.4 Å². The van der Waals surface area contributed by atoms with Crippen LogP contribution in [-0.2, 0) is 24.8 Å². The van der Waals surface area contributed by atoms with Crippen molar-refractivity contribution in [3.63, 3.8) is 0 Å². The Morgan fingerprint density at radius 1 is 0.886 bits per heavy atom. The number of rotatable bonds is 8. The maximum absolute atomic E-state index is 12.7. The van der Waals surface area contributed by atoms with Crippen LogP contribution in [0.3, 0.4) is 0 Å². The number of nitrogens with zero attached hydrogens (tertiary/aromatic N) is 2. The molecule has 11 heteroatoms. The zero-order valence-corrected chi connectivity index (χ0v) is 21.3. The van der Waals surface area contributed by atoms with Crippen molar-refractivity contribution in [3.8, 4) is 0 Å². The molecule has 1 aliphatic carbocycles. The summed E-state index contributed by atoms with van der Waals surface area (Å²) < 4.78 is 54.1. The zero-order valence-electron chi connectivity index (χ0n) is 19.7. The van der Waals surface area contributed by atoms with Crippen LogP contribution in [0.4, 0.5) is 5.69 Å². The molecule has 35 heavy (non-hydrogen) atoms. The molecule has 1 N–H and O–H groups in total. The molecule has 2 aromatic carbocycles. The molecular weight excluding hydrogens is 490 g/mol. The van der Waals surface area contributed by atoms with Gasteiger partial charge in [-0.15, -0.1) is 0 Å². The zero-order chi connectivity index (χ0) is 25.4. The molecular formula is C24H29N3O6S2. The number of hydrogen-bond acceptors (Lipinski definition) is 6. The predicted molar refractivity (Wildman–Crippen MR) is 131 cm³/mol. The first-order valence-electron chi connectivity index (χ1n) is 11.6. The minimum atomic E-state index is -4.22. The van der Waals surface area contributed by atoms with Crippen molar-refractivity contribution in [2.75, 3.05) is 18.0 Å². The lowest BCUT2D eigenvalue weighted by Gasteiger charge is -2.27. The molecule has 9 nitrogen and oxygen atoms in total. The second kappa shape index (κ2) is 9.71. The van der Waals surface area contributed by atoms with Gasteiger partial charge in [0.05, 0.1) is 9.79 Å². The maximum atomic E-state index is 12.7. The van der Waals surface area contributed by atoms with E-state index in [9.17, 15) is 26.4 Å². The van der Waals surface area contributed by atoms with E-state index in [4.69, 9.17) is 0 Å². The standard InChI is InChI=1S/C24H29N3O6S2/c1-17(2)27(24(29)19-5-6-19)20-9-7-18(8-10-20)23(28)25-34(30,31)21-11-13-22(14-12-21)35(32,33)26-15-3-4-16-26/h7-14,17,19H,3-6,15-16H2,1-2H3,(H,25,28). The molecule has 1 saturated heterocycles. The molecule has 2 amide bonds. The number of hydrogen-bond donors (Lipinski definition) is 1. The number of benzene rings is 2. The van der Waals surface area contributed by atoms with E-state index < -0.39 is 26.0 Å². The van der Waals surface area contributed by atoms with E-state index in [1.165, 1.54) is 40.7 Å². The van der Waals surface area contributed by atoms with Gasteiger partial charge in [0, 0.05) is 36.3 Å². The highest BCUT2D eigenvalue weighted by molar-refractivity contribution is 7.90. The van der Waals surface area contributed by atoms with Crippen LogP contribution in [0, 0.1) is 5.92 Å². The smallest absolute Gasteiger partial charge is 0.264 e. The second-order valence-corrected chi connectivity index (χ2v) is 12.8. The summed E-state index contributed by atoms with van der Waals surface area (Å²) in [7, 11) is -7.89. The Morgan fingerprint density at radius 3 is 1.94 bits per heavy atom. The Bertz CT molecular complexity index is 1310. The minimum Gasteiger partial charge on any atom is -0.310 e. The molecule has 2 aromatic rings. The molecule has 2 aliphatic rings. The summed E-state index contributed by atoms with van der Waals surface area (Å²) in [6, 6.07) is 11.0. The van der Waals surface area contributed by atoms with E-state index in [2.05, 4.69) is 0 Å². The summed E-state index contributed by atoms with van der Waals surface area (Å²) >= 11 is 0. The van der Waals surface area contributed by atoms with Gasteiger partial charge < -0.3 is 4.90 Å². The third kappa shape index (κ3) is 5.41. The molecule has 0 radical (unpaired) electrons. The van der Waals surface area contributed by atoms with Gasteiger partial charge in [-0.05, 0) is 88.1 Å². The fraction of sp³-hybridized carbons (Fsp3) is 0.417. The number of sulfonamides is 2. The highest BCUT2D eigenvalue weighted by Crippen LogP contribution is 2.33. The summed E-state index contributed by atoms with van der Waals surface area (Å²) in [6.45, 7) is 4.71.